The van der Waals surface area contributed by atoms with E-state index in [1.165, 1.54) is 0 Å². The summed E-state index contributed by atoms with van der Waals surface area (Å²) in [5.41, 5.74) is 0.221. The lowest BCUT2D eigenvalue weighted by Crippen LogP contribution is -2.40. The number of amides is 1. The first-order valence-corrected chi connectivity index (χ1v) is 9.33. The summed E-state index contributed by atoms with van der Waals surface area (Å²) in [6.07, 6.45) is 6.57. The first-order valence-electron chi connectivity index (χ1n) is 9.33. The highest BCUT2D eigenvalue weighted by atomic mass is 16.4. The summed E-state index contributed by atoms with van der Waals surface area (Å²) in [6.45, 7) is 1.98. The zero-order chi connectivity index (χ0) is 19.0. The average Bonchev–Trinajstić information content (AvgIpc) is 2.64. The molecule has 0 unspecified atom stereocenters. The van der Waals surface area contributed by atoms with E-state index in [1.54, 1.807) is 24.3 Å². The lowest BCUT2D eigenvalue weighted by molar-refractivity contribution is -0.139. The van der Waals surface area contributed by atoms with Gasteiger partial charge in [-0.1, -0.05) is 38.0 Å². The van der Waals surface area contributed by atoms with E-state index < -0.39 is 23.5 Å². The van der Waals surface area contributed by atoms with Gasteiger partial charge in [-0.25, -0.2) is 4.79 Å². The quantitative estimate of drug-likeness (QED) is 0.683. The fourth-order valence-electron chi connectivity index (χ4n) is 3.06. The van der Waals surface area contributed by atoms with Gasteiger partial charge in [-0.15, -0.1) is 0 Å². The monoisotopic (exact) mass is 357 g/mol. The SMILES string of the molecule is CCCC[C@H](NC(=O)c1ccc(C#CC2(O)CCCCC2)cc1)C(=O)O. The topological polar surface area (TPSA) is 86.6 Å². The Balaban J connectivity index is 2.00. The molecule has 0 aliphatic heterocycles. The summed E-state index contributed by atoms with van der Waals surface area (Å²) >= 11 is 0. The molecule has 1 atom stereocenters. The van der Waals surface area contributed by atoms with Crippen LogP contribution in [0.25, 0.3) is 0 Å². The molecule has 5 nitrogen and oxygen atoms in total. The van der Waals surface area contributed by atoms with Gasteiger partial charge in [0, 0.05) is 11.1 Å². The summed E-state index contributed by atoms with van der Waals surface area (Å²) in [7, 11) is 0. The van der Waals surface area contributed by atoms with Crippen LogP contribution in [0, 0.1) is 11.8 Å². The van der Waals surface area contributed by atoms with Crippen molar-refractivity contribution >= 4 is 11.9 Å². The molecule has 2 rings (SSSR count). The molecule has 140 valence electrons. The number of rotatable bonds is 6. The fraction of sp³-hybridized carbons (Fsp3) is 0.524. The van der Waals surface area contributed by atoms with Crippen LogP contribution < -0.4 is 5.32 Å². The van der Waals surface area contributed by atoms with Gasteiger partial charge < -0.3 is 15.5 Å². The number of aliphatic carboxylic acids is 1. The van der Waals surface area contributed by atoms with Gasteiger partial charge in [0.25, 0.3) is 5.91 Å². The molecule has 5 heteroatoms. The molecule has 1 aliphatic carbocycles. The Morgan fingerprint density at radius 2 is 1.85 bits per heavy atom. The molecule has 0 heterocycles. The Bertz CT molecular complexity index is 678. The second-order valence-electron chi connectivity index (χ2n) is 6.93. The van der Waals surface area contributed by atoms with Crippen LogP contribution in [0.3, 0.4) is 0 Å². The number of carboxylic acid groups (broad SMARTS) is 1. The van der Waals surface area contributed by atoms with Crippen molar-refractivity contribution < 1.29 is 19.8 Å². The first kappa shape index (κ1) is 20.0. The predicted octanol–water partition coefficient (Wildman–Crippen LogP) is 3.11. The number of nitrogens with one attached hydrogen (secondary N) is 1. The molecule has 0 saturated heterocycles. The van der Waals surface area contributed by atoms with Crippen molar-refractivity contribution in [1.82, 2.24) is 5.32 Å². The maximum Gasteiger partial charge on any atom is 0.326 e. The van der Waals surface area contributed by atoms with Crippen LogP contribution in [-0.4, -0.2) is 33.7 Å². The number of hydrogen-bond acceptors (Lipinski definition) is 3. The highest BCUT2D eigenvalue weighted by Crippen LogP contribution is 2.27. The van der Waals surface area contributed by atoms with Crippen molar-refractivity contribution in [2.24, 2.45) is 0 Å². The van der Waals surface area contributed by atoms with Crippen LogP contribution in [0.2, 0.25) is 0 Å². The van der Waals surface area contributed by atoms with Gasteiger partial charge >= 0.3 is 5.97 Å². The Kier molecular flexibility index (Phi) is 7.23. The van der Waals surface area contributed by atoms with E-state index in [4.69, 9.17) is 0 Å². The summed E-state index contributed by atoms with van der Waals surface area (Å²) in [5.74, 6) is 4.52. The molecule has 3 N–H and O–H groups in total. The molecule has 1 aromatic rings. The molecular formula is C21H27NO4. The van der Waals surface area contributed by atoms with Gasteiger partial charge in [-0.3, -0.25) is 4.79 Å². The fourth-order valence-corrected chi connectivity index (χ4v) is 3.06. The standard InChI is InChI=1S/C21H27NO4/c1-2-3-7-18(20(24)25)22-19(23)17-10-8-16(9-11-17)12-15-21(26)13-5-4-6-14-21/h8-11,18,26H,2-7,13-14H2,1H3,(H,22,23)(H,24,25)/t18-/m0/s1. The van der Waals surface area contributed by atoms with E-state index in [9.17, 15) is 19.8 Å². The molecule has 0 bridgehead atoms. The lowest BCUT2D eigenvalue weighted by Gasteiger charge is -2.26. The van der Waals surface area contributed by atoms with Crippen LogP contribution in [0.5, 0.6) is 0 Å². The minimum absolute atomic E-state index is 0.398. The van der Waals surface area contributed by atoms with Crippen LogP contribution in [-0.2, 0) is 4.79 Å². The van der Waals surface area contributed by atoms with E-state index in [-0.39, 0.29) is 0 Å². The van der Waals surface area contributed by atoms with Crippen molar-refractivity contribution in [3.05, 3.63) is 35.4 Å². The Labute approximate surface area is 154 Å². The van der Waals surface area contributed by atoms with Crippen molar-refractivity contribution in [3.63, 3.8) is 0 Å². The second kappa shape index (κ2) is 9.40. The molecule has 1 amide bonds. The Hall–Kier alpha value is -2.32. The summed E-state index contributed by atoms with van der Waals surface area (Å²) in [5, 5.41) is 22.2. The van der Waals surface area contributed by atoms with Crippen LogP contribution in [0.15, 0.2) is 24.3 Å². The minimum Gasteiger partial charge on any atom is -0.480 e. The third kappa shape index (κ3) is 5.89. The Morgan fingerprint density at radius 1 is 1.19 bits per heavy atom. The summed E-state index contributed by atoms with van der Waals surface area (Å²) < 4.78 is 0. The second-order valence-corrected chi connectivity index (χ2v) is 6.93. The number of carbonyl (C=O) groups excluding carboxylic acids is 1. The van der Waals surface area contributed by atoms with Crippen molar-refractivity contribution in [2.45, 2.75) is 69.9 Å². The van der Waals surface area contributed by atoms with Gasteiger partial charge in [-0.2, -0.15) is 0 Å². The summed E-state index contributed by atoms with van der Waals surface area (Å²) in [4.78, 5) is 23.5. The third-order valence-corrected chi connectivity index (χ3v) is 4.72. The summed E-state index contributed by atoms with van der Waals surface area (Å²) in [6, 6.07) is 5.82. The maximum atomic E-state index is 12.2. The lowest BCUT2D eigenvalue weighted by atomic mass is 9.85. The maximum absolute atomic E-state index is 12.2. The van der Waals surface area contributed by atoms with E-state index in [2.05, 4.69) is 17.2 Å². The van der Waals surface area contributed by atoms with Gasteiger partial charge in [0.1, 0.15) is 11.6 Å². The molecule has 26 heavy (non-hydrogen) atoms. The number of aliphatic hydroxyl groups is 1. The Morgan fingerprint density at radius 3 is 2.42 bits per heavy atom. The van der Waals surface area contributed by atoms with Gasteiger partial charge in [0.2, 0.25) is 0 Å². The molecule has 0 radical (unpaired) electrons. The average molecular weight is 357 g/mol. The molecule has 0 spiro atoms. The molecule has 1 aromatic carbocycles. The zero-order valence-corrected chi connectivity index (χ0v) is 15.3. The first-order chi connectivity index (χ1) is 12.4. The predicted molar refractivity (Wildman–Crippen MR) is 99.8 cm³/mol. The third-order valence-electron chi connectivity index (χ3n) is 4.72. The number of hydrogen-bond donors (Lipinski definition) is 3. The van der Waals surface area contributed by atoms with E-state index >= 15 is 0 Å². The van der Waals surface area contributed by atoms with Gasteiger partial charge in [0.15, 0.2) is 0 Å². The van der Waals surface area contributed by atoms with Crippen molar-refractivity contribution in [2.75, 3.05) is 0 Å². The minimum atomic E-state index is -1.02. The number of carboxylic acids is 1. The number of benzene rings is 1. The highest BCUT2D eigenvalue weighted by Gasteiger charge is 2.26. The van der Waals surface area contributed by atoms with E-state index in [0.29, 0.717) is 24.8 Å². The van der Waals surface area contributed by atoms with Crippen LogP contribution >= 0.6 is 0 Å². The molecule has 1 aliphatic rings. The van der Waals surface area contributed by atoms with Gasteiger partial charge in [-0.05, 0) is 56.4 Å². The van der Waals surface area contributed by atoms with Crippen molar-refractivity contribution in [1.29, 1.82) is 0 Å². The molecule has 0 aromatic heterocycles. The van der Waals surface area contributed by atoms with Gasteiger partial charge in [0.05, 0.1) is 0 Å². The van der Waals surface area contributed by atoms with Crippen LogP contribution in [0.4, 0.5) is 0 Å². The zero-order valence-electron chi connectivity index (χ0n) is 15.3. The largest absolute Gasteiger partial charge is 0.480 e. The highest BCUT2D eigenvalue weighted by molar-refractivity contribution is 5.96. The molecule has 1 fully saturated rings. The normalized spacial score (nSPS) is 16.8. The molecular weight excluding hydrogens is 330 g/mol. The number of unbranched alkanes of at least 4 members (excludes halogenated alkanes) is 1. The van der Waals surface area contributed by atoms with E-state index in [1.807, 2.05) is 6.92 Å². The molecule has 1 saturated carbocycles. The van der Waals surface area contributed by atoms with Crippen LogP contribution in [0.1, 0.15) is 74.2 Å². The smallest absolute Gasteiger partial charge is 0.326 e. The number of carbonyl (C=O) groups is 2. The van der Waals surface area contributed by atoms with Crippen molar-refractivity contribution in [3.8, 4) is 11.8 Å². The van der Waals surface area contributed by atoms with E-state index in [0.717, 1.165) is 37.7 Å².